The van der Waals surface area contributed by atoms with Crippen LogP contribution in [0.4, 0.5) is 0 Å². The minimum absolute atomic E-state index is 0.289. The zero-order valence-electron chi connectivity index (χ0n) is 14.2. The van der Waals surface area contributed by atoms with Crippen molar-refractivity contribution >= 4 is 38.7 Å². The second-order valence-corrected chi connectivity index (χ2v) is 9.05. The summed E-state index contributed by atoms with van der Waals surface area (Å²) in [7, 11) is -3.72. The predicted molar refractivity (Wildman–Crippen MR) is 102 cm³/mol. The van der Waals surface area contributed by atoms with Crippen molar-refractivity contribution in [3.05, 3.63) is 50.2 Å². The van der Waals surface area contributed by atoms with Gasteiger partial charge in [0.15, 0.2) is 0 Å². The molecular weight excluding hydrogens is 364 g/mol. The number of hydrogen-bond donors (Lipinski definition) is 1. The molecule has 1 heterocycles. The Morgan fingerprint density at radius 2 is 1.83 bits per heavy atom. The average molecular weight is 385 g/mol. The van der Waals surface area contributed by atoms with E-state index in [9.17, 15) is 8.42 Å². The van der Waals surface area contributed by atoms with Gasteiger partial charge in [0.2, 0.25) is 0 Å². The quantitative estimate of drug-likeness (QED) is 0.573. The lowest BCUT2D eigenvalue weighted by Crippen LogP contribution is -2.22. The molecule has 0 saturated heterocycles. The second kappa shape index (κ2) is 7.68. The van der Waals surface area contributed by atoms with E-state index in [4.69, 9.17) is 11.6 Å². The molecule has 0 radical (unpaired) electrons. The van der Waals surface area contributed by atoms with E-state index in [0.717, 1.165) is 16.9 Å². The van der Waals surface area contributed by atoms with Crippen molar-refractivity contribution in [2.75, 3.05) is 0 Å². The standard InChI is InChI=1S/C17H21ClN2O2S2/c1-5-6-14(15-7-8-16(18)23-15)19-20-24(21,22)17-12(3)9-11(2)10-13(17)4/h7-10,20H,5-6H2,1-4H3/b19-14+. The van der Waals surface area contributed by atoms with Crippen LogP contribution in [0.2, 0.25) is 4.34 Å². The first kappa shape index (κ1) is 19.0. The Bertz CT molecular complexity index is 847. The number of thiophene rings is 1. The number of hydrogen-bond acceptors (Lipinski definition) is 4. The molecule has 0 unspecified atom stereocenters. The summed E-state index contributed by atoms with van der Waals surface area (Å²) >= 11 is 7.36. The molecule has 0 spiro atoms. The third kappa shape index (κ3) is 4.37. The van der Waals surface area contributed by atoms with Gasteiger partial charge in [0.25, 0.3) is 10.0 Å². The van der Waals surface area contributed by atoms with E-state index in [1.54, 1.807) is 19.9 Å². The summed E-state index contributed by atoms with van der Waals surface area (Å²) in [5.41, 5.74) is 3.16. The zero-order valence-corrected chi connectivity index (χ0v) is 16.6. The van der Waals surface area contributed by atoms with E-state index >= 15 is 0 Å². The molecule has 4 nitrogen and oxygen atoms in total. The first-order chi connectivity index (χ1) is 11.2. The van der Waals surface area contributed by atoms with Crippen LogP contribution < -0.4 is 4.83 Å². The van der Waals surface area contributed by atoms with Crippen molar-refractivity contribution in [2.24, 2.45) is 5.10 Å². The highest BCUT2D eigenvalue weighted by atomic mass is 35.5. The van der Waals surface area contributed by atoms with Crippen LogP contribution in [0.15, 0.2) is 34.3 Å². The summed E-state index contributed by atoms with van der Waals surface area (Å²) in [6.45, 7) is 7.56. The van der Waals surface area contributed by atoms with Gasteiger partial charge in [-0.15, -0.1) is 11.3 Å². The van der Waals surface area contributed by atoms with Crippen LogP contribution in [0.5, 0.6) is 0 Å². The highest BCUT2D eigenvalue weighted by molar-refractivity contribution is 7.89. The van der Waals surface area contributed by atoms with Crippen LogP contribution in [-0.2, 0) is 10.0 Å². The molecule has 0 aliphatic heterocycles. The van der Waals surface area contributed by atoms with Gasteiger partial charge < -0.3 is 0 Å². The van der Waals surface area contributed by atoms with Crippen LogP contribution in [-0.4, -0.2) is 14.1 Å². The fraction of sp³-hybridized carbons (Fsp3) is 0.353. The number of aryl methyl sites for hydroxylation is 3. The molecule has 0 atom stereocenters. The van der Waals surface area contributed by atoms with Crippen molar-refractivity contribution < 1.29 is 8.42 Å². The summed E-state index contributed by atoms with van der Waals surface area (Å²) < 4.78 is 26.0. The first-order valence-electron chi connectivity index (χ1n) is 7.66. The maximum atomic E-state index is 12.7. The molecule has 0 aliphatic carbocycles. The molecule has 0 aliphatic rings. The molecule has 130 valence electrons. The average Bonchev–Trinajstić information content (AvgIpc) is 2.88. The molecule has 2 rings (SSSR count). The van der Waals surface area contributed by atoms with E-state index < -0.39 is 10.0 Å². The van der Waals surface area contributed by atoms with Crippen molar-refractivity contribution in [3.63, 3.8) is 0 Å². The molecule has 0 fully saturated rings. The highest BCUT2D eigenvalue weighted by Crippen LogP contribution is 2.24. The number of sulfonamides is 1. The fourth-order valence-electron chi connectivity index (χ4n) is 2.69. The third-order valence-corrected chi connectivity index (χ3v) is 6.31. The molecule has 0 amide bonds. The highest BCUT2D eigenvalue weighted by Gasteiger charge is 2.20. The molecule has 1 N–H and O–H groups in total. The lowest BCUT2D eigenvalue weighted by Gasteiger charge is -2.12. The number of nitrogens with zero attached hydrogens (tertiary/aromatic N) is 1. The summed E-state index contributed by atoms with van der Waals surface area (Å²) in [6.07, 6.45) is 1.53. The van der Waals surface area contributed by atoms with E-state index in [2.05, 4.69) is 9.93 Å². The second-order valence-electron chi connectivity index (χ2n) is 5.73. The largest absolute Gasteiger partial charge is 0.277 e. The fourth-order valence-corrected chi connectivity index (χ4v) is 5.04. The SMILES string of the molecule is CCC/C(=N\NS(=O)(=O)c1c(C)cc(C)cc1C)c1ccc(Cl)s1. The van der Waals surface area contributed by atoms with Crippen LogP contribution >= 0.6 is 22.9 Å². The minimum atomic E-state index is -3.72. The van der Waals surface area contributed by atoms with Gasteiger partial charge >= 0.3 is 0 Å². The monoisotopic (exact) mass is 384 g/mol. The van der Waals surface area contributed by atoms with Crippen LogP contribution in [0.25, 0.3) is 0 Å². The molecular formula is C17H21ClN2O2S2. The third-order valence-electron chi connectivity index (χ3n) is 3.52. The number of benzene rings is 1. The molecule has 0 saturated carbocycles. The zero-order chi connectivity index (χ0) is 17.9. The number of rotatable bonds is 6. The Kier molecular flexibility index (Phi) is 6.06. The predicted octanol–water partition coefficient (Wildman–Crippen LogP) is 4.81. The van der Waals surface area contributed by atoms with Crippen molar-refractivity contribution in [1.29, 1.82) is 0 Å². The first-order valence-corrected chi connectivity index (χ1v) is 10.3. The van der Waals surface area contributed by atoms with Crippen molar-refractivity contribution in [1.82, 2.24) is 4.83 Å². The van der Waals surface area contributed by atoms with Gasteiger partial charge in [0, 0.05) is 0 Å². The maximum absolute atomic E-state index is 12.7. The molecule has 2 aromatic rings. The molecule has 7 heteroatoms. The Labute approximate surface area is 152 Å². The lowest BCUT2D eigenvalue weighted by atomic mass is 10.1. The van der Waals surface area contributed by atoms with Crippen LogP contribution in [0.3, 0.4) is 0 Å². The summed E-state index contributed by atoms with van der Waals surface area (Å²) in [4.78, 5) is 3.56. The summed E-state index contributed by atoms with van der Waals surface area (Å²) in [5.74, 6) is 0. The lowest BCUT2D eigenvalue weighted by molar-refractivity contribution is 0.583. The number of nitrogens with one attached hydrogen (secondary N) is 1. The Morgan fingerprint density at radius 1 is 1.21 bits per heavy atom. The molecule has 1 aromatic carbocycles. The summed E-state index contributed by atoms with van der Waals surface area (Å²) in [6, 6.07) is 7.36. The maximum Gasteiger partial charge on any atom is 0.277 e. The van der Waals surface area contributed by atoms with Crippen LogP contribution in [0, 0.1) is 20.8 Å². The Morgan fingerprint density at radius 3 is 2.33 bits per heavy atom. The van der Waals surface area contributed by atoms with Gasteiger partial charge in [-0.25, -0.2) is 0 Å². The van der Waals surface area contributed by atoms with Gasteiger partial charge in [0.1, 0.15) is 0 Å². The van der Waals surface area contributed by atoms with Crippen molar-refractivity contribution in [3.8, 4) is 0 Å². The Hall–Kier alpha value is -1.37. The van der Waals surface area contributed by atoms with E-state index in [1.807, 2.05) is 32.0 Å². The summed E-state index contributed by atoms with van der Waals surface area (Å²) in [5, 5.41) is 4.18. The molecule has 1 aromatic heterocycles. The van der Waals surface area contributed by atoms with Gasteiger partial charge in [-0.05, 0) is 50.5 Å². The van der Waals surface area contributed by atoms with Crippen LogP contribution in [0.1, 0.15) is 41.3 Å². The van der Waals surface area contributed by atoms with Gasteiger partial charge in [-0.1, -0.05) is 42.6 Å². The van der Waals surface area contributed by atoms with Gasteiger partial charge in [-0.3, -0.25) is 0 Å². The Balaban J connectivity index is 2.37. The topological polar surface area (TPSA) is 58.5 Å². The smallest absolute Gasteiger partial charge is 0.200 e. The van der Waals surface area contributed by atoms with Crippen molar-refractivity contribution in [2.45, 2.75) is 45.4 Å². The number of hydrazone groups is 1. The normalized spacial score (nSPS) is 12.5. The van der Waals surface area contributed by atoms with E-state index in [-0.39, 0.29) is 4.90 Å². The number of halogens is 1. The molecule has 24 heavy (non-hydrogen) atoms. The van der Waals surface area contributed by atoms with Gasteiger partial charge in [-0.2, -0.15) is 18.4 Å². The van der Waals surface area contributed by atoms with E-state index in [0.29, 0.717) is 27.6 Å². The van der Waals surface area contributed by atoms with Gasteiger partial charge in [0.05, 0.1) is 19.8 Å². The molecule has 0 bridgehead atoms. The van der Waals surface area contributed by atoms with E-state index in [1.165, 1.54) is 11.3 Å². The minimum Gasteiger partial charge on any atom is -0.200 e.